The molecule has 0 unspecified atom stereocenters. The largest absolute Gasteiger partial charge is 0.463 e. The summed E-state index contributed by atoms with van der Waals surface area (Å²) in [7, 11) is 0. The van der Waals surface area contributed by atoms with E-state index in [0.717, 1.165) is 27.0 Å². The molecule has 110 valence electrons. The molecule has 0 radical (unpaired) electrons. The smallest absolute Gasteiger partial charge is 0.336 e. The van der Waals surface area contributed by atoms with Crippen LogP contribution in [0.2, 0.25) is 0 Å². The summed E-state index contributed by atoms with van der Waals surface area (Å²) in [5, 5.41) is 8.38. The minimum Gasteiger partial charge on any atom is -0.463 e. The van der Waals surface area contributed by atoms with Gasteiger partial charge < -0.3 is 4.74 Å². The molecule has 1 heterocycles. The van der Waals surface area contributed by atoms with Gasteiger partial charge in [-0.05, 0) is 19.1 Å². The van der Waals surface area contributed by atoms with Crippen molar-refractivity contribution >= 4 is 15.9 Å². The average Bonchev–Trinajstić information content (AvgIpc) is 2.57. The van der Waals surface area contributed by atoms with Crippen molar-refractivity contribution in [3.8, 4) is 28.5 Å². The Hall–Kier alpha value is -2.27. The topological polar surface area (TPSA) is 47.9 Å². The van der Waals surface area contributed by atoms with Crippen LogP contribution in [0.5, 0.6) is 6.01 Å². The molecular weight excluding hydrogens is 342 g/mol. The lowest BCUT2D eigenvalue weighted by Crippen LogP contribution is -2.03. The molecule has 0 aliphatic carbocycles. The zero-order valence-electron chi connectivity index (χ0n) is 12.0. The molecule has 0 spiro atoms. The maximum Gasteiger partial charge on any atom is 0.336 e. The summed E-state index contributed by atoms with van der Waals surface area (Å²) in [6, 6.07) is 18.1. The molecule has 0 fully saturated rings. The number of hydrogen-bond acceptors (Lipinski definition) is 4. The molecule has 0 aliphatic rings. The van der Waals surface area contributed by atoms with Crippen molar-refractivity contribution < 1.29 is 4.74 Å². The first-order valence-corrected chi connectivity index (χ1v) is 7.76. The summed E-state index contributed by atoms with van der Waals surface area (Å²) < 4.78 is 6.40. The summed E-state index contributed by atoms with van der Waals surface area (Å²) in [5.74, 6) is 0. The minimum atomic E-state index is 0.294. The van der Waals surface area contributed by atoms with E-state index in [9.17, 15) is 0 Å². The van der Waals surface area contributed by atoms with Crippen LogP contribution in [-0.2, 0) is 0 Å². The highest BCUT2D eigenvalue weighted by molar-refractivity contribution is 9.10. The van der Waals surface area contributed by atoms with Crippen molar-refractivity contribution in [1.29, 1.82) is 0 Å². The van der Waals surface area contributed by atoms with Crippen LogP contribution in [0.3, 0.4) is 0 Å². The van der Waals surface area contributed by atoms with E-state index in [0.29, 0.717) is 12.6 Å². The number of ether oxygens (including phenoxy) is 1. The fourth-order valence-electron chi connectivity index (χ4n) is 2.10. The van der Waals surface area contributed by atoms with Gasteiger partial charge in [0.2, 0.25) is 0 Å². The molecule has 0 saturated heterocycles. The van der Waals surface area contributed by atoms with Crippen LogP contribution in [0.1, 0.15) is 6.92 Å². The molecule has 3 rings (SSSR count). The van der Waals surface area contributed by atoms with E-state index in [-0.39, 0.29) is 0 Å². The third-order valence-corrected chi connectivity index (χ3v) is 3.63. The number of nitrogens with zero attached hydrogens (tertiary/aromatic N) is 3. The number of hydrogen-bond donors (Lipinski definition) is 0. The van der Waals surface area contributed by atoms with E-state index in [4.69, 9.17) is 4.74 Å². The Morgan fingerprint density at radius 2 is 1.55 bits per heavy atom. The summed E-state index contributed by atoms with van der Waals surface area (Å²) in [6.07, 6.45) is 0. The average molecular weight is 356 g/mol. The minimum absolute atomic E-state index is 0.294. The van der Waals surface area contributed by atoms with Crippen LogP contribution >= 0.6 is 15.9 Å². The number of rotatable bonds is 4. The molecule has 0 aliphatic heterocycles. The Kier molecular flexibility index (Phi) is 4.44. The highest BCUT2D eigenvalue weighted by Crippen LogP contribution is 2.29. The number of benzene rings is 2. The van der Waals surface area contributed by atoms with E-state index in [1.807, 2.05) is 61.5 Å². The molecule has 3 aromatic rings. The maximum absolute atomic E-state index is 5.39. The van der Waals surface area contributed by atoms with Crippen LogP contribution < -0.4 is 4.74 Å². The highest BCUT2D eigenvalue weighted by atomic mass is 79.9. The summed E-state index contributed by atoms with van der Waals surface area (Å²) in [5.41, 5.74) is 3.45. The van der Waals surface area contributed by atoms with Gasteiger partial charge in [0.05, 0.1) is 6.61 Å². The zero-order valence-corrected chi connectivity index (χ0v) is 13.6. The van der Waals surface area contributed by atoms with Gasteiger partial charge in [-0.15, -0.1) is 5.10 Å². The van der Waals surface area contributed by atoms with Crippen LogP contribution in [0.4, 0.5) is 0 Å². The summed E-state index contributed by atoms with van der Waals surface area (Å²) in [4.78, 5) is 4.52. The van der Waals surface area contributed by atoms with Gasteiger partial charge in [0, 0.05) is 15.6 Å². The first-order chi connectivity index (χ1) is 10.8. The third kappa shape index (κ3) is 3.14. The molecular formula is C17H14BrN3O. The van der Waals surface area contributed by atoms with Crippen LogP contribution in [0, 0.1) is 0 Å². The van der Waals surface area contributed by atoms with Crippen molar-refractivity contribution in [2.75, 3.05) is 6.61 Å². The van der Waals surface area contributed by atoms with Gasteiger partial charge in [0.1, 0.15) is 11.4 Å². The van der Waals surface area contributed by atoms with Gasteiger partial charge >= 0.3 is 6.01 Å². The molecule has 5 heteroatoms. The Balaban J connectivity index is 2.14. The third-order valence-electron chi connectivity index (χ3n) is 3.11. The van der Waals surface area contributed by atoms with Gasteiger partial charge in [-0.25, -0.2) is 0 Å². The SMILES string of the molecule is CCOc1nnc(-c2ccc(Br)cc2)c(-c2ccccc2)n1. The van der Waals surface area contributed by atoms with Crippen molar-refractivity contribution in [1.82, 2.24) is 15.2 Å². The van der Waals surface area contributed by atoms with Gasteiger partial charge in [-0.3, -0.25) is 0 Å². The van der Waals surface area contributed by atoms with E-state index < -0.39 is 0 Å². The van der Waals surface area contributed by atoms with E-state index in [2.05, 4.69) is 31.1 Å². The molecule has 4 nitrogen and oxygen atoms in total. The normalized spacial score (nSPS) is 10.5. The predicted octanol–water partition coefficient (Wildman–Crippen LogP) is 4.37. The second-order valence-corrected chi connectivity index (χ2v) is 5.51. The summed E-state index contributed by atoms with van der Waals surface area (Å²) >= 11 is 3.44. The van der Waals surface area contributed by atoms with Crippen molar-refractivity contribution in [3.05, 3.63) is 59.1 Å². The molecule has 0 N–H and O–H groups in total. The summed E-state index contributed by atoms with van der Waals surface area (Å²) in [6.45, 7) is 2.40. The van der Waals surface area contributed by atoms with Crippen LogP contribution in [0.25, 0.3) is 22.5 Å². The second-order valence-electron chi connectivity index (χ2n) is 4.60. The van der Waals surface area contributed by atoms with Gasteiger partial charge in [0.25, 0.3) is 0 Å². The monoisotopic (exact) mass is 355 g/mol. The molecule has 2 aromatic carbocycles. The number of aromatic nitrogens is 3. The second kappa shape index (κ2) is 6.66. The molecule has 0 saturated carbocycles. The lowest BCUT2D eigenvalue weighted by molar-refractivity contribution is 0.308. The first kappa shape index (κ1) is 14.7. The van der Waals surface area contributed by atoms with Crippen LogP contribution in [-0.4, -0.2) is 21.8 Å². The maximum atomic E-state index is 5.39. The zero-order chi connectivity index (χ0) is 15.4. The number of halogens is 1. The molecule has 0 amide bonds. The quantitative estimate of drug-likeness (QED) is 0.697. The van der Waals surface area contributed by atoms with E-state index in [1.54, 1.807) is 0 Å². The Bertz CT molecular complexity index is 761. The fourth-order valence-corrected chi connectivity index (χ4v) is 2.37. The first-order valence-electron chi connectivity index (χ1n) is 6.97. The van der Waals surface area contributed by atoms with E-state index >= 15 is 0 Å². The highest BCUT2D eigenvalue weighted by Gasteiger charge is 2.13. The standard InChI is InChI=1S/C17H14BrN3O/c1-2-22-17-19-15(12-6-4-3-5-7-12)16(20-21-17)13-8-10-14(18)11-9-13/h3-11H,2H2,1H3. The van der Waals surface area contributed by atoms with Gasteiger partial charge in [-0.2, -0.15) is 4.98 Å². The van der Waals surface area contributed by atoms with Crippen molar-refractivity contribution in [2.45, 2.75) is 6.92 Å². The molecule has 1 aromatic heterocycles. The van der Waals surface area contributed by atoms with Gasteiger partial charge in [0.15, 0.2) is 0 Å². The Labute approximate surface area is 137 Å². The Morgan fingerprint density at radius 1 is 0.864 bits per heavy atom. The fraction of sp³-hybridized carbons (Fsp3) is 0.118. The predicted molar refractivity (Wildman–Crippen MR) is 89.6 cm³/mol. The van der Waals surface area contributed by atoms with E-state index in [1.165, 1.54) is 0 Å². The lowest BCUT2D eigenvalue weighted by Gasteiger charge is -2.09. The lowest BCUT2D eigenvalue weighted by atomic mass is 10.0. The van der Waals surface area contributed by atoms with Crippen molar-refractivity contribution in [3.63, 3.8) is 0 Å². The molecule has 0 bridgehead atoms. The van der Waals surface area contributed by atoms with Gasteiger partial charge in [-0.1, -0.05) is 63.5 Å². The van der Waals surface area contributed by atoms with Crippen molar-refractivity contribution in [2.24, 2.45) is 0 Å². The van der Waals surface area contributed by atoms with Crippen LogP contribution in [0.15, 0.2) is 59.1 Å². The molecule has 0 atom stereocenters. The Morgan fingerprint density at radius 3 is 2.23 bits per heavy atom. The molecule has 22 heavy (non-hydrogen) atoms.